The fourth-order valence-electron chi connectivity index (χ4n) is 1.66. The predicted molar refractivity (Wildman–Crippen MR) is 72.3 cm³/mol. The Morgan fingerprint density at radius 2 is 1.79 bits per heavy atom. The van der Waals surface area contributed by atoms with Gasteiger partial charge >= 0.3 is 5.97 Å². The monoisotopic (exact) mass is 256 g/mol. The van der Waals surface area contributed by atoms with Crippen molar-refractivity contribution < 1.29 is 13.9 Å². The average molecular weight is 256 g/mol. The summed E-state index contributed by atoms with van der Waals surface area (Å²) >= 11 is 0. The standard InChI is InChI=1S/C16H13FO2/c1-11(2)16(18)19-14-10-6-9-13(17)15(14)12-7-4-3-5-8-12/h3-10H,1H2,2H3. The molecule has 2 nitrogen and oxygen atoms in total. The second-order valence-corrected chi connectivity index (χ2v) is 4.15. The van der Waals surface area contributed by atoms with Crippen molar-refractivity contribution in [3.05, 3.63) is 66.5 Å². The zero-order valence-electron chi connectivity index (χ0n) is 10.5. The normalized spacial score (nSPS) is 10.0. The lowest BCUT2D eigenvalue weighted by Crippen LogP contribution is -2.09. The van der Waals surface area contributed by atoms with E-state index < -0.39 is 11.8 Å². The molecular formula is C16H13FO2. The van der Waals surface area contributed by atoms with Crippen molar-refractivity contribution in [3.8, 4) is 16.9 Å². The number of ether oxygens (including phenoxy) is 1. The Bertz CT molecular complexity index is 618. The molecule has 19 heavy (non-hydrogen) atoms. The van der Waals surface area contributed by atoms with E-state index in [9.17, 15) is 9.18 Å². The third kappa shape index (κ3) is 2.88. The maximum Gasteiger partial charge on any atom is 0.338 e. The minimum Gasteiger partial charge on any atom is -0.422 e. The molecule has 2 aromatic rings. The Morgan fingerprint density at radius 1 is 1.11 bits per heavy atom. The first-order valence-electron chi connectivity index (χ1n) is 5.81. The number of carbonyl (C=O) groups is 1. The molecule has 96 valence electrons. The van der Waals surface area contributed by atoms with Crippen molar-refractivity contribution in [3.63, 3.8) is 0 Å². The molecule has 0 aliphatic heterocycles. The van der Waals surface area contributed by atoms with Crippen molar-refractivity contribution >= 4 is 5.97 Å². The first-order chi connectivity index (χ1) is 9.09. The summed E-state index contributed by atoms with van der Waals surface area (Å²) in [5, 5.41) is 0. The second-order valence-electron chi connectivity index (χ2n) is 4.15. The third-order valence-corrected chi connectivity index (χ3v) is 2.59. The van der Waals surface area contributed by atoms with Crippen LogP contribution in [-0.4, -0.2) is 5.97 Å². The Hall–Kier alpha value is -2.42. The highest BCUT2D eigenvalue weighted by Crippen LogP contribution is 2.32. The van der Waals surface area contributed by atoms with E-state index in [2.05, 4.69) is 6.58 Å². The molecule has 0 aromatic heterocycles. The Labute approximate surface area is 111 Å². The zero-order valence-corrected chi connectivity index (χ0v) is 10.5. The summed E-state index contributed by atoms with van der Waals surface area (Å²) in [7, 11) is 0. The zero-order chi connectivity index (χ0) is 13.8. The number of hydrogen-bond donors (Lipinski definition) is 0. The summed E-state index contributed by atoms with van der Waals surface area (Å²) in [6, 6.07) is 13.4. The van der Waals surface area contributed by atoms with Gasteiger partial charge in [0.25, 0.3) is 0 Å². The molecule has 2 aromatic carbocycles. The van der Waals surface area contributed by atoms with Crippen LogP contribution in [-0.2, 0) is 4.79 Å². The van der Waals surface area contributed by atoms with Crippen LogP contribution >= 0.6 is 0 Å². The topological polar surface area (TPSA) is 26.3 Å². The lowest BCUT2D eigenvalue weighted by molar-refractivity contribution is -0.130. The van der Waals surface area contributed by atoms with Crippen LogP contribution in [0, 0.1) is 5.82 Å². The maximum absolute atomic E-state index is 14.0. The van der Waals surface area contributed by atoms with Crippen LogP contribution in [0.15, 0.2) is 60.7 Å². The molecule has 0 aliphatic rings. The summed E-state index contributed by atoms with van der Waals surface area (Å²) in [6.07, 6.45) is 0. The van der Waals surface area contributed by atoms with E-state index in [0.29, 0.717) is 5.56 Å². The summed E-state index contributed by atoms with van der Waals surface area (Å²) < 4.78 is 19.1. The van der Waals surface area contributed by atoms with Gasteiger partial charge in [-0.1, -0.05) is 43.0 Å². The fourth-order valence-corrected chi connectivity index (χ4v) is 1.66. The molecule has 0 fully saturated rings. The fraction of sp³-hybridized carbons (Fsp3) is 0.0625. The number of benzene rings is 2. The van der Waals surface area contributed by atoms with E-state index in [-0.39, 0.29) is 16.9 Å². The van der Waals surface area contributed by atoms with Crippen molar-refractivity contribution in [1.82, 2.24) is 0 Å². The SMILES string of the molecule is C=C(C)C(=O)Oc1cccc(F)c1-c1ccccc1. The van der Waals surface area contributed by atoms with Crippen molar-refractivity contribution in [2.75, 3.05) is 0 Å². The molecule has 2 rings (SSSR count). The molecule has 0 N–H and O–H groups in total. The van der Waals surface area contributed by atoms with Gasteiger partial charge in [-0.05, 0) is 24.6 Å². The van der Waals surface area contributed by atoms with E-state index in [1.807, 2.05) is 6.07 Å². The second kappa shape index (κ2) is 5.48. The van der Waals surface area contributed by atoms with Crippen molar-refractivity contribution in [2.24, 2.45) is 0 Å². The van der Waals surface area contributed by atoms with Gasteiger partial charge in [-0.15, -0.1) is 0 Å². The average Bonchev–Trinajstić information content (AvgIpc) is 2.39. The van der Waals surface area contributed by atoms with E-state index >= 15 is 0 Å². The minimum atomic E-state index is -0.567. The molecular weight excluding hydrogens is 243 g/mol. The van der Waals surface area contributed by atoms with Gasteiger partial charge in [-0.2, -0.15) is 0 Å². The molecule has 0 radical (unpaired) electrons. The van der Waals surface area contributed by atoms with Crippen LogP contribution in [0.4, 0.5) is 4.39 Å². The number of halogens is 1. The first kappa shape index (κ1) is 13.0. The molecule has 0 atom stereocenters. The molecule has 0 aliphatic carbocycles. The van der Waals surface area contributed by atoms with Gasteiger partial charge in [-0.3, -0.25) is 0 Å². The quantitative estimate of drug-likeness (QED) is 0.472. The number of carbonyl (C=O) groups excluding carboxylic acids is 1. The smallest absolute Gasteiger partial charge is 0.338 e. The summed E-state index contributed by atoms with van der Waals surface area (Å²) in [6.45, 7) is 5.05. The Kier molecular flexibility index (Phi) is 3.76. The van der Waals surface area contributed by atoms with E-state index in [1.54, 1.807) is 37.3 Å². The van der Waals surface area contributed by atoms with Crippen LogP contribution in [0.3, 0.4) is 0 Å². The van der Waals surface area contributed by atoms with Gasteiger partial charge in [0.15, 0.2) is 0 Å². The number of rotatable bonds is 3. The van der Waals surface area contributed by atoms with Gasteiger partial charge in [-0.25, -0.2) is 9.18 Å². The van der Waals surface area contributed by atoms with Gasteiger partial charge in [0.05, 0.1) is 5.56 Å². The molecule has 0 spiro atoms. The lowest BCUT2D eigenvalue weighted by Gasteiger charge is -2.11. The first-order valence-corrected chi connectivity index (χ1v) is 5.81. The lowest BCUT2D eigenvalue weighted by atomic mass is 10.0. The van der Waals surface area contributed by atoms with Crippen LogP contribution in [0.5, 0.6) is 5.75 Å². The van der Waals surface area contributed by atoms with Gasteiger partial charge in [0, 0.05) is 5.57 Å². The van der Waals surface area contributed by atoms with E-state index in [0.717, 1.165) is 0 Å². The molecule has 0 saturated heterocycles. The van der Waals surface area contributed by atoms with Gasteiger partial charge < -0.3 is 4.74 Å². The van der Waals surface area contributed by atoms with Crippen LogP contribution < -0.4 is 4.74 Å². The largest absolute Gasteiger partial charge is 0.422 e. The molecule has 0 bridgehead atoms. The van der Waals surface area contributed by atoms with Crippen molar-refractivity contribution in [1.29, 1.82) is 0 Å². The highest BCUT2D eigenvalue weighted by Gasteiger charge is 2.15. The summed E-state index contributed by atoms with van der Waals surface area (Å²) in [5.74, 6) is -0.805. The number of esters is 1. The molecule has 0 unspecified atom stereocenters. The van der Waals surface area contributed by atoms with Crippen LogP contribution in [0.2, 0.25) is 0 Å². The number of hydrogen-bond acceptors (Lipinski definition) is 2. The molecule has 3 heteroatoms. The maximum atomic E-state index is 14.0. The highest BCUT2D eigenvalue weighted by atomic mass is 19.1. The van der Waals surface area contributed by atoms with Crippen LogP contribution in [0.25, 0.3) is 11.1 Å². The summed E-state index contributed by atoms with van der Waals surface area (Å²) in [5.41, 5.74) is 1.20. The minimum absolute atomic E-state index is 0.194. The third-order valence-electron chi connectivity index (χ3n) is 2.59. The van der Waals surface area contributed by atoms with Gasteiger partial charge in [0.1, 0.15) is 11.6 Å². The molecule has 0 saturated carbocycles. The molecule has 0 heterocycles. The Morgan fingerprint density at radius 3 is 2.42 bits per heavy atom. The van der Waals surface area contributed by atoms with Crippen LogP contribution in [0.1, 0.15) is 6.92 Å². The van der Waals surface area contributed by atoms with E-state index in [4.69, 9.17) is 4.74 Å². The molecule has 0 amide bonds. The van der Waals surface area contributed by atoms with Gasteiger partial charge in [0.2, 0.25) is 0 Å². The highest BCUT2D eigenvalue weighted by molar-refractivity contribution is 5.90. The Balaban J connectivity index is 2.48. The summed E-state index contributed by atoms with van der Waals surface area (Å²) in [4.78, 5) is 11.6. The van der Waals surface area contributed by atoms with Crippen molar-refractivity contribution in [2.45, 2.75) is 6.92 Å². The predicted octanol–water partition coefficient (Wildman–Crippen LogP) is 3.97. The van der Waals surface area contributed by atoms with E-state index in [1.165, 1.54) is 12.1 Å².